The molecule has 0 unspecified atom stereocenters. The Bertz CT molecular complexity index is 409. The van der Waals surface area contributed by atoms with E-state index < -0.39 is 0 Å². The van der Waals surface area contributed by atoms with Gasteiger partial charge in [-0.25, -0.2) is 0 Å². The first-order valence-electron chi connectivity index (χ1n) is 6.95. The van der Waals surface area contributed by atoms with E-state index in [-0.39, 0.29) is 11.7 Å². The van der Waals surface area contributed by atoms with Gasteiger partial charge in [0.1, 0.15) is 5.75 Å². The monoisotopic (exact) mass is 262 g/mol. The molecule has 0 radical (unpaired) electrons. The molecule has 1 saturated heterocycles. The van der Waals surface area contributed by atoms with Gasteiger partial charge in [0.05, 0.1) is 6.42 Å². The number of phenolic OH excluding ortho intramolecular Hbond substituents is 1. The molecule has 0 aliphatic carbocycles. The van der Waals surface area contributed by atoms with E-state index in [2.05, 4.69) is 0 Å². The summed E-state index contributed by atoms with van der Waals surface area (Å²) >= 11 is 0. The molecule has 1 fully saturated rings. The van der Waals surface area contributed by atoms with Crippen LogP contribution in [-0.2, 0) is 11.2 Å². The van der Waals surface area contributed by atoms with Gasteiger partial charge in [0.2, 0.25) is 5.91 Å². The van der Waals surface area contributed by atoms with Crippen molar-refractivity contribution in [1.82, 2.24) is 4.90 Å². The van der Waals surface area contributed by atoms with Crippen molar-refractivity contribution >= 4 is 5.91 Å². The minimum absolute atomic E-state index is 0.178. The molecule has 0 aromatic heterocycles. The Kier molecular flexibility index (Phi) is 4.80. The Labute approximate surface area is 114 Å². The molecule has 1 aromatic rings. The van der Waals surface area contributed by atoms with Gasteiger partial charge in [-0.15, -0.1) is 0 Å². The smallest absolute Gasteiger partial charge is 0.226 e. The van der Waals surface area contributed by atoms with Crippen molar-refractivity contribution in [2.24, 2.45) is 11.7 Å². The highest BCUT2D eigenvalue weighted by Crippen LogP contribution is 2.20. The molecule has 19 heavy (non-hydrogen) atoms. The van der Waals surface area contributed by atoms with Gasteiger partial charge in [0.25, 0.3) is 0 Å². The molecule has 4 heteroatoms. The molecular formula is C15H22N2O2. The van der Waals surface area contributed by atoms with Crippen LogP contribution in [0.3, 0.4) is 0 Å². The topological polar surface area (TPSA) is 66.6 Å². The minimum Gasteiger partial charge on any atom is -0.508 e. The van der Waals surface area contributed by atoms with Gasteiger partial charge in [0.15, 0.2) is 0 Å². The van der Waals surface area contributed by atoms with E-state index in [1.165, 1.54) is 0 Å². The van der Waals surface area contributed by atoms with Crippen LogP contribution in [0.4, 0.5) is 0 Å². The molecule has 1 aromatic carbocycles. The van der Waals surface area contributed by atoms with Gasteiger partial charge >= 0.3 is 0 Å². The lowest BCUT2D eigenvalue weighted by atomic mass is 9.93. The maximum atomic E-state index is 12.2. The summed E-state index contributed by atoms with van der Waals surface area (Å²) in [5.74, 6) is 1.10. The Balaban J connectivity index is 1.83. The van der Waals surface area contributed by atoms with E-state index in [1.807, 2.05) is 4.90 Å². The largest absolute Gasteiger partial charge is 0.508 e. The van der Waals surface area contributed by atoms with E-state index in [0.717, 1.165) is 44.5 Å². The number of carbonyl (C=O) groups is 1. The number of likely N-dealkylation sites (tertiary alicyclic amines) is 1. The second-order valence-corrected chi connectivity index (χ2v) is 5.24. The number of piperidine rings is 1. The Morgan fingerprint density at radius 3 is 2.47 bits per heavy atom. The van der Waals surface area contributed by atoms with Crippen molar-refractivity contribution in [1.29, 1.82) is 0 Å². The number of benzene rings is 1. The second kappa shape index (κ2) is 6.57. The lowest BCUT2D eigenvalue weighted by Gasteiger charge is -2.32. The predicted octanol–water partition coefficient (Wildman–Crippen LogP) is 1.52. The fourth-order valence-corrected chi connectivity index (χ4v) is 2.61. The molecular weight excluding hydrogens is 240 g/mol. The van der Waals surface area contributed by atoms with E-state index in [4.69, 9.17) is 5.73 Å². The first-order valence-corrected chi connectivity index (χ1v) is 6.95. The maximum absolute atomic E-state index is 12.2. The Morgan fingerprint density at radius 1 is 1.26 bits per heavy atom. The number of nitrogens with zero attached hydrogens (tertiary/aromatic N) is 1. The van der Waals surface area contributed by atoms with Crippen LogP contribution in [0.5, 0.6) is 5.75 Å². The molecule has 1 amide bonds. The zero-order valence-corrected chi connectivity index (χ0v) is 11.2. The molecule has 3 N–H and O–H groups in total. The number of hydrogen-bond acceptors (Lipinski definition) is 3. The third-order valence-electron chi connectivity index (χ3n) is 3.83. The third-order valence-corrected chi connectivity index (χ3v) is 3.83. The summed E-state index contributed by atoms with van der Waals surface area (Å²) in [6.07, 6.45) is 3.62. The molecule has 0 spiro atoms. The Hall–Kier alpha value is -1.55. The minimum atomic E-state index is 0.178. The molecule has 0 saturated carbocycles. The average Bonchev–Trinajstić information content (AvgIpc) is 2.42. The predicted molar refractivity (Wildman–Crippen MR) is 74.8 cm³/mol. The standard InChI is InChI=1S/C15H22N2O2/c16-8-5-12-6-9-17(10-7-12)15(19)11-13-1-3-14(18)4-2-13/h1-4,12,18H,5-11,16H2. The number of carbonyl (C=O) groups excluding carboxylic acids is 1. The van der Waals surface area contributed by atoms with Crippen molar-refractivity contribution in [3.05, 3.63) is 29.8 Å². The molecule has 1 aliphatic heterocycles. The highest BCUT2D eigenvalue weighted by molar-refractivity contribution is 5.78. The first-order chi connectivity index (χ1) is 9.19. The van der Waals surface area contributed by atoms with Crippen molar-refractivity contribution in [2.75, 3.05) is 19.6 Å². The average molecular weight is 262 g/mol. The zero-order chi connectivity index (χ0) is 13.7. The summed E-state index contributed by atoms with van der Waals surface area (Å²) in [6, 6.07) is 6.84. The van der Waals surface area contributed by atoms with Crippen LogP contribution in [0.25, 0.3) is 0 Å². The highest BCUT2D eigenvalue weighted by Gasteiger charge is 2.22. The van der Waals surface area contributed by atoms with Gasteiger partial charge in [-0.2, -0.15) is 0 Å². The molecule has 104 valence electrons. The van der Waals surface area contributed by atoms with Crippen molar-refractivity contribution in [3.8, 4) is 5.75 Å². The summed E-state index contributed by atoms with van der Waals surface area (Å²) in [5, 5.41) is 9.21. The summed E-state index contributed by atoms with van der Waals surface area (Å²) in [7, 11) is 0. The number of aromatic hydroxyl groups is 1. The van der Waals surface area contributed by atoms with Crippen LogP contribution in [0.1, 0.15) is 24.8 Å². The molecule has 0 atom stereocenters. The number of phenols is 1. The van der Waals surface area contributed by atoms with Crippen LogP contribution >= 0.6 is 0 Å². The number of amides is 1. The number of rotatable bonds is 4. The Morgan fingerprint density at radius 2 is 1.89 bits per heavy atom. The van der Waals surface area contributed by atoms with Gasteiger partial charge in [-0.1, -0.05) is 12.1 Å². The van der Waals surface area contributed by atoms with E-state index in [9.17, 15) is 9.90 Å². The van der Waals surface area contributed by atoms with Crippen LogP contribution in [0, 0.1) is 5.92 Å². The lowest BCUT2D eigenvalue weighted by Crippen LogP contribution is -2.39. The normalized spacial score (nSPS) is 16.6. The fourth-order valence-electron chi connectivity index (χ4n) is 2.61. The van der Waals surface area contributed by atoms with Crippen LogP contribution in [-0.4, -0.2) is 35.5 Å². The van der Waals surface area contributed by atoms with Gasteiger partial charge in [0, 0.05) is 13.1 Å². The van der Waals surface area contributed by atoms with E-state index >= 15 is 0 Å². The molecule has 1 aliphatic rings. The third kappa shape index (κ3) is 3.96. The summed E-state index contributed by atoms with van der Waals surface area (Å²) < 4.78 is 0. The first kappa shape index (κ1) is 13.9. The summed E-state index contributed by atoms with van der Waals surface area (Å²) in [6.45, 7) is 2.44. The molecule has 0 bridgehead atoms. The van der Waals surface area contributed by atoms with Crippen LogP contribution in [0.15, 0.2) is 24.3 Å². The molecule has 1 heterocycles. The van der Waals surface area contributed by atoms with Gasteiger partial charge < -0.3 is 15.7 Å². The maximum Gasteiger partial charge on any atom is 0.226 e. The second-order valence-electron chi connectivity index (χ2n) is 5.24. The quantitative estimate of drug-likeness (QED) is 0.864. The fraction of sp³-hybridized carbons (Fsp3) is 0.533. The van der Waals surface area contributed by atoms with Crippen molar-refractivity contribution in [3.63, 3.8) is 0 Å². The van der Waals surface area contributed by atoms with E-state index in [1.54, 1.807) is 24.3 Å². The van der Waals surface area contributed by atoms with Gasteiger partial charge in [-0.05, 0) is 49.4 Å². The lowest BCUT2D eigenvalue weighted by molar-refractivity contribution is -0.131. The van der Waals surface area contributed by atoms with Crippen LogP contribution < -0.4 is 5.73 Å². The summed E-state index contributed by atoms with van der Waals surface area (Å²) in [4.78, 5) is 14.1. The molecule has 2 rings (SSSR count). The van der Waals surface area contributed by atoms with Crippen molar-refractivity contribution in [2.45, 2.75) is 25.7 Å². The molecule has 4 nitrogen and oxygen atoms in total. The summed E-state index contributed by atoms with van der Waals surface area (Å²) in [5.41, 5.74) is 6.52. The zero-order valence-electron chi connectivity index (χ0n) is 11.2. The van der Waals surface area contributed by atoms with Gasteiger partial charge in [-0.3, -0.25) is 4.79 Å². The van der Waals surface area contributed by atoms with Crippen LogP contribution in [0.2, 0.25) is 0 Å². The highest BCUT2D eigenvalue weighted by atomic mass is 16.3. The SMILES string of the molecule is NCCC1CCN(C(=O)Cc2ccc(O)cc2)CC1. The van der Waals surface area contributed by atoms with Crippen molar-refractivity contribution < 1.29 is 9.90 Å². The number of hydrogen-bond donors (Lipinski definition) is 2. The van der Waals surface area contributed by atoms with E-state index in [0.29, 0.717) is 12.3 Å². The number of nitrogens with two attached hydrogens (primary N) is 1.